The van der Waals surface area contributed by atoms with Crippen molar-refractivity contribution in [2.45, 2.75) is 51.2 Å². The molecule has 6 nitrogen and oxygen atoms in total. The lowest BCUT2D eigenvalue weighted by Crippen LogP contribution is -2.58. The molecule has 1 saturated carbocycles. The monoisotopic (exact) mass is 486 g/mol. The molecule has 0 atom stereocenters. The molecule has 0 radical (unpaired) electrons. The maximum Gasteiger partial charge on any atom is 0.265 e. The lowest BCUT2D eigenvalue weighted by molar-refractivity contribution is -0.133. The van der Waals surface area contributed by atoms with E-state index < -0.39 is 20.5 Å². The first-order valence-corrected chi connectivity index (χ1v) is 12.1. The number of nitrogens with zero attached hydrogens (tertiary/aromatic N) is 1. The summed E-state index contributed by atoms with van der Waals surface area (Å²) < 4.78 is 38.3. The van der Waals surface area contributed by atoms with Crippen LogP contribution in [-0.4, -0.2) is 48.3 Å². The summed E-state index contributed by atoms with van der Waals surface area (Å²) in [6.07, 6.45) is 2.51. The summed E-state index contributed by atoms with van der Waals surface area (Å²) in [6.45, 7) is 1.02. The van der Waals surface area contributed by atoms with Gasteiger partial charge < -0.3 is 4.90 Å². The summed E-state index contributed by atoms with van der Waals surface area (Å²) in [6, 6.07) is 12.8. The quantitative estimate of drug-likeness (QED) is 0.478. The second-order valence-corrected chi connectivity index (χ2v) is 11.1. The highest BCUT2D eigenvalue weighted by atomic mass is 35.5. The van der Waals surface area contributed by atoms with Crippen LogP contribution < -0.4 is 5.48 Å². The molecule has 0 bridgehead atoms. The first-order valence-electron chi connectivity index (χ1n) is 9.82. The molecule has 2 fully saturated rings. The standard InChI is InChI=1S/C21H23FN2O4S2.ClH/c22-15-1-5-17(6-2-15)29-18-7-9-19(10-8-18)30(27,28)21(20(25)23-26)11-13-24(14-12-21)16-3-4-16;/h1-2,5-10,16,26H,3-4,11-14H2,(H,23,25);1H. The fraction of sp³-hybridized carbons (Fsp3) is 0.381. The minimum Gasteiger partial charge on any atom is -0.300 e. The van der Waals surface area contributed by atoms with Crippen LogP contribution in [0.5, 0.6) is 0 Å². The van der Waals surface area contributed by atoms with Crippen molar-refractivity contribution in [1.29, 1.82) is 0 Å². The van der Waals surface area contributed by atoms with Crippen LogP contribution in [0.25, 0.3) is 0 Å². The summed E-state index contributed by atoms with van der Waals surface area (Å²) >= 11 is 1.38. The van der Waals surface area contributed by atoms with Gasteiger partial charge in [-0.15, -0.1) is 12.4 Å². The largest absolute Gasteiger partial charge is 0.300 e. The van der Waals surface area contributed by atoms with E-state index in [0.717, 1.165) is 22.6 Å². The smallest absolute Gasteiger partial charge is 0.265 e. The Kier molecular flexibility index (Phi) is 7.32. The molecule has 1 saturated heterocycles. The molecular formula is C21H24ClFN2O4S2. The van der Waals surface area contributed by atoms with E-state index in [1.807, 2.05) is 0 Å². The number of hydrogen-bond acceptors (Lipinski definition) is 6. The SMILES string of the molecule is Cl.O=C(NO)C1(S(=O)(=O)c2ccc(Sc3ccc(F)cc3)cc2)CCN(C2CC2)CC1. The van der Waals surface area contributed by atoms with Crippen molar-refractivity contribution < 1.29 is 22.8 Å². The minimum absolute atomic E-state index is 0. The Morgan fingerprint density at radius 1 is 1.03 bits per heavy atom. The van der Waals surface area contributed by atoms with E-state index >= 15 is 0 Å². The Bertz CT molecular complexity index is 1020. The summed E-state index contributed by atoms with van der Waals surface area (Å²) in [5, 5.41) is 9.27. The highest BCUT2D eigenvalue weighted by Crippen LogP contribution is 2.40. The molecule has 1 aliphatic carbocycles. The van der Waals surface area contributed by atoms with Crippen molar-refractivity contribution in [1.82, 2.24) is 10.4 Å². The van der Waals surface area contributed by atoms with Gasteiger partial charge in [0.1, 0.15) is 5.82 Å². The zero-order chi connectivity index (χ0) is 21.4. The topological polar surface area (TPSA) is 86.7 Å². The van der Waals surface area contributed by atoms with Crippen LogP contribution in [0, 0.1) is 5.82 Å². The van der Waals surface area contributed by atoms with E-state index in [-0.39, 0.29) is 36.0 Å². The third-order valence-corrected chi connectivity index (χ3v) is 9.41. The molecule has 2 aromatic rings. The van der Waals surface area contributed by atoms with Crippen molar-refractivity contribution in [2.24, 2.45) is 0 Å². The molecule has 0 spiro atoms. The van der Waals surface area contributed by atoms with E-state index in [1.165, 1.54) is 36.0 Å². The highest BCUT2D eigenvalue weighted by Gasteiger charge is 2.53. The van der Waals surface area contributed by atoms with Gasteiger partial charge in [0.05, 0.1) is 4.90 Å². The number of hydrogen-bond donors (Lipinski definition) is 2. The summed E-state index contributed by atoms with van der Waals surface area (Å²) in [5.41, 5.74) is 1.59. The van der Waals surface area contributed by atoms with Gasteiger partial charge in [-0.25, -0.2) is 18.3 Å². The Hall–Kier alpha value is -1.65. The van der Waals surface area contributed by atoms with E-state index in [9.17, 15) is 22.8 Å². The molecule has 1 aliphatic heterocycles. The predicted octanol–water partition coefficient (Wildman–Crippen LogP) is 3.67. The van der Waals surface area contributed by atoms with Crippen molar-refractivity contribution in [2.75, 3.05) is 13.1 Å². The average Bonchev–Trinajstić information content (AvgIpc) is 3.60. The predicted molar refractivity (Wildman–Crippen MR) is 118 cm³/mol. The maximum absolute atomic E-state index is 13.5. The Balaban J connectivity index is 0.00000272. The molecule has 2 aliphatic rings. The third-order valence-electron chi connectivity index (χ3n) is 5.88. The Morgan fingerprint density at radius 2 is 1.55 bits per heavy atom. The fourth-order valence-electron chi connectivity index (χ4n) is 3.96. The lowest BCUT2D eigenvalue weighted by Gasteiger charge is -2.39. The third kappa shape index (κ3) is 4.75. The number of hydroxylamine groups is 1. The van der Waals surface area contributed by atoms with Crippen molar-refractivity contribution in [3.05, 3.63) is 54.3 Å². The zero-order valence-corrected chi connectivity index (χ0v) is 19.1. The Labute approximate surface area is 191 Å². The number of rotatable bonds is 6. The molecular weight excluding hydrogens is 463 g/mol. The molecule has 0 aromatic heterocycles. The van der Waals surface area contributed by atoms with Crippen LogP contribution in [0.2, 0.25) is 0 Å². The number of carbonyl (C=O) groups excluding carboxylic acids is 1. The van der Waals surface area contributed by atoms with Crippen molar-refractivity contribution >= 4 is 39.9 Å². The fourth-order valence-corrected chi connectivity index (χ4v) is 6.73. The van der Waals surface area contributed by atoms with Gasteiger partial charge in [-0.1, -0.05) is 11.8 Å². The summed E-state index contributed by atoms with van der Waals surface area (Å²) in [4.78, 5) is 16.4. The van der Waals surface area contributed by atoms with Crippen LogP contribution in [0.15, 0.2) is 63.2 Å². The summed E-state index contributed by atoms with van der Waals surface area (Å²) in [5.74, 6) is -1.19. The number of nitrogens with one attached hydrogen (secondary N) is 1. The van der Waals surface area contributed by atoms with Gasteiger partial charge in [-0.3, -0.25) is 10.0 Å². The molecule has 4 rings (SSSR count). The number of halogens is 2. The van der Waals surface area contributed by atoms with E-state index in [1.54, 1.807) is 29.7 Å². The minimum atomic E-state index is -4.02. The highest BCUT2D eigenvalue weighted by molar-refractivity contribution is 7.99. The van der Waals surface area contributed by atoms with Crippen LogP contribution >= 0.6 is 24.2 Å². The molecule has 31 heavy (non-hydrogen) atoms. The molecule has 2 N–H and O–H groups in total. The molecule has 1 amide bonds. The molecule has 168 valence electrons. The van der Waals surface area contributed by atoms with E-state index in [0.29, 0.717) is 19.1 Å². The number of sulfone groups is 1. The second kappa shape index (κ2) is 9.46. The van der Waals surface area contributed by atoms with Crippen molar-refractivity contribution in [3.63, 3.8) is 0 Å². The number of amides is 1. The molecule has 2 aromatic carbocycles. The normalized spacial score (nSPS) is 18.8. The first kappa shape index (κ1) is 24.0. The van der Waals surface area contributed by atoms with E-state index in [2.05, 4.69) is 4.90 Å². The van der Waals surface area contributed by atoms with Gasteiger partial charge in [0.15, 0.2) is 14.6 Å². The van der Waals surface area contributed by atoms with Crippen molar-refractivity contribution in [3.8, 4) is 0 Å². The van der Waals surface area contributed by atoms with Gasteiger partial charge in [0, 0.05) is 28.9 Å². The van der Waals surface area contributed by atoms with Gasteiger partial charge in [-0.2, -0.15) is 0 Å². The molecule has 10 heteroatoms. The molecule has 0 unspecified atom stereocenters. The van der Waals surface area contributed by atoms with Gasteiger partial charge >= 0.3 is 0 Å². The Morgan fingerprint density at radius 3 is 2.03 bits per heavy atom. The van der Waals surface area contributed by atoms with Gasteiger partial charge in [-0.05, 0) is 74.2 Å². The van der Waals surface area contributed by atoms with Gasteiger partial charge in [0.2, 0.25) is 0 Å². The summed E-state index contributed by atoms with van der Waals surface area (Å²) in [7, 11) is -4.02. The second-order valence-electron chi connectivity index (χ2n) is 7.73. The van der Waals surface area contributed by atoms with Gasteiger partial charge in [0.25, 0.3) is 5.91 Å². The number of benzene rings is 2. The zero-order valence-electron chi connectivity index (χ0n) is 16.7. The molecule has 1 heterocycles. The van der Waals surface area contributed by atoms with Crippen LogP contribution in [0.3, 0.4) is 0 Å². The lowest BCUT2D eigenvalue weighted by atomic mass is 9.94. The number of likely N-dealkylation sites (tertiary alicyclic amines) is 1. The first-order chi connectivity index (χ1) is 14.4. The maximum atomic E-state index is 13.5. The van der Waals surface area contributed by atoms with Crippen LogP contribution in [0.4, 0.5) is 4.39 Å². The number of carbonyl (C=O) groups is 1. The van der Waals surface area contributed by atoms with Crippen LogP contribution in [-0.2, 0) is 14.6 Å². The van der Waals surface area contributed by atoms with Crippen LogP contribution in [0.1, 0.15) is 25.7 Å². The average molecular weight is 487 g/mol. The number of piperidine rings is 1. The van der Waals surface area contributed by atoms with E-state index in [4.69, 9.17) is 0 Å².